The largest absolute Gasteiger partial charge is 0.435 e. The number of nitrogens with zero attached hydrogens (tertiary/aromatic N) is 2. The van der Waals surface area contributed by atoms with Crippen LogP contribution in [-0.2, 0) is 6.54 Å². The standard InChI is InChI=1S/C11H10ClN3O/c12-10-9(4-2-5-14-10)16-11-8(7-13)3-1-6-15-11/h1-6H,7,13H2. The SMILES string of the molecule is NCc1cccnc1Oc1cccnc1Cl. The van der Waals surface area contributed by atoms with Crippen molar-refractivity contribution in [1.29, 1.82) is 0 Å². The number of rotatable bonds is 3. The maximum Gasteiger partial charge on any atom is 0.223 e. The zero-order chi connectivity index (χ0) is 11.4. The van der Waals surface area contributed by atoms with Crippen molar-refractivity contribution in [2.24, 2.45) is 5.73 Å². The lowest BCUT2D eigenvalue weighted by Crippen LogP contribution is -2.01. The normalized spacial score (nSPS) is 10.1. The van der Waals surface area contributed by atoms with Crippen molar-refractivity contribution in [2.75, 3.05) is 0 Å². The molecule has 2 N–H and O–H groups in total. The minimum Gasteiger partial charge on any atom is -0.435 e. The highest BCUT2D eigenvalue weighted by Gasteiger charge is 2.07. The Bertz CT molecular complexity index is 490. The topological polar surface area (TPSA) is 61.0 Å². The predicted molar refractivity (Wildman–Crippen MR) is 61.4 cm³/mol. The summed E-state index contributed by atoms with van der Waals surface area (Å²) < 4.78 is 5.55. The van der Waals surface area contributed by atoms with E-state index in [0.29, 0.717) is 23.3 Å². The summed E-state index contributed by atoms with van der Waals surface area (Å²) in [4.78, 5) is 8.01. The lowest BCUT2D eigenvalue weighted by atomic mass is 10.3. The van der Waals surface area contributed by atoms with Crippen molar-refractivity contribution in [3.63, 3.8) is 0 Å². The molecular formula is C11H10ClN3O. The van der Waals surface area contributed by atoms with Crippen LogP contribution in [0.4, 0.5) is 0 Å². The molecule has 0 atom stereocenters. The number of aromatic nitrogens is 2. The summed E-state index contributed by atoms with van der Waals surface area (Å²) in [5, 5.41) is 0.302. The van der Waals surface area contributed by atoms with Gasteiger partial charge in [-0.05, 0) is 18.2 Å². The fourth-order valence-corrected chi connectivity index (χ4v) is 1.38. The first-order valence-corrected chi connectivity index (χ1v) is 5.11. The lowest BCUT2D eigenvalue weighted by Gasteiger charge is -2.08. The van der Waals surface area contributed by atoms with Gasteiger partial charge in [0.1, 0.15) is 0 Å². The van der Waals surface area contributed by atoms with Crippen LogP contribution in [0.25, 0.3) is 0 Å². The zero-order valence-corrected chi connectivity index (χ0v) is 9.19. The smallest absolute Gasteiger partial charge is 0.223 e. The quantitative estimate of drug-likeness (QED) is 0.830. The maximum atomic E-state index is 5.87. The average molecular weight is 236 g/mol. The molecule has 0 saturated carbocycles. The van der Waals surface area contributed by atoms with Crippen molar-refractivity contribution in [2.45, 2.75) is 6.54 Å². The molecule has 0 aliphatic rings. The van der Waals surface area contributed by atoms with Gasteiger partial charge in [0.25, 0.3) is 0 Å². The monoisotopic (exact) mass is 235 g/mol. The van der Waals surface area contributed by atoms with Crippen LogP contribution < -0.4 is 10.5 Å². The van der Waals surface area contributed by atoms with Gasteiger partial charge in [-0.3, -0.25) is 0 Å². The minimum absolute atomic E-state index is 0.302. The summed E-state index contributed by atoms with van der Waals surface area (Å²) in [7, 11) is 0. The van der Waals surface area contributed by atoms with E-state index in [1.807, 2.05) is 6.07 Å². The van der Waals surface area contributed by atoms with E-state index < -0.39 is 0 Å². The van der Waals surface area contributed by atoms with Crippen molar-refractivity contribution in [3.8, 4) is 11.6 Å². The Morgan fingerprint density at radius 1 is 1.19 bits per heavy atom. The Morgan fingerprint density at radius 3 is 2.69 bits per heavy atom. The van der Waals surface area contributed by atoms with E-state index in [1.165, 1.54) is 0 Å². The van der Waals surface area contributed by atoms with Crippen molar-refractivity contribution in [3.05, 3.63) is 47.4 Å². The first-order valence-electron chi connectivity index (χ1n) is 4.73. The van der Waals surface area contributed by atoms with E-state index in [4.69, 9.17) is 22.1 Å². The number of nitrogens with two attached hydrogens (primary N) is 1. The predicted octanol–water partition coefficient (Wildman–Crippen LogP) is 2.38. The molecule has 2 aromatic heterocycles. The molecule has 0 saturated heterocycles. The van der Waals surface area contributed by atoms with Gasteiger partial charge >= 0.3 is 0 Å². The zero-order valence-electron chi connectivity index (χ0n) is 8.43. The van der Waals surface area contributed by atoms with Crippen LogP contribution in [0, 0.1) is 0 Å². The molecule has 2 rings (SSSR count). The van der Waals surface area contributed by atoms with Crippen LogP contribution in [0.1, 0.15) is 5.56 Å². The molecule has 0 unspecified atom stereocenters. The molecule has 0 amide bonds. The molecule has 0 aliphatic carbocycles. The Balaban J connectivity index is 2.30. The van der Waals surface area contributed by atoms with E-state index in [0.717, 1.165) is 5.56 Å². The summed E-state index contributed by atoms with van der Waals surface area (Å²) in [5.41, 5.74) is 6.40. The van der Waals surface area contributed by atoms with Crippen molar-refractivity contribution < 1.29 is 4.74 Å². The van der Waals surface area contributed by atoms with Crippen molar-refractivity contribution in [1.82, 2.24) is 9.97 Å². The molecular weight excluding hydrogens is 226 g/mol. The van der Waals surface area contributed by atoms with Gasteiger partial charge in [0.15, 0.2) is 10.9 Å². The third-order valence-electron chi connectivity index (χ3n) is 2.00. The number of hydrogen-bond acceptors (Lipinski definition) is 4. The molecule has 0 radical (unpaired) electrons. The molecule has 82 valence electrons. The first-order chi connectivity index (χ1) is 7.81. The Kier molecular flexibility index (Phi) is 3.34. The van der Waals surface area contributed by atoms with Gasteiger partial charge in [0.2, 0.25) is 5.88 Å². The molecule has 0 aromatic carbocycles. The summed E-state index contributed by atoms with van der Waals surface area (Å²) >= 11 is 5.87. The third-order valence-corrected chi connectivity index (χ3v) is 2.29. The molecule has 0 aliphatic heterocycles. The van der Waals surface area contributed by atoms with E-state index in [2.05, 4.69) is 9.97 Å². The second-order valence-corrected chi connectivity index (χ2v) is 3.42. The van der Waals surface area contributed by atoms with Gasteiger partial charge in [-0.15, -0.1) is 0 Å². The van der Waals surface area contributed by atoms with E-state index in [1.54, 1.807) is 30.6 Å². The van der Waals surface area contributed by atoms with Gasteiger partial charge in [-0.1, -0.05) is 17.7 Å². The summed E-state index contributed by atoms with van der Waals surface area (Å²) in [5.74, 6) is 0.928. The van der Waals surface area contributed by atoms with E-state index >= 15 is 0 Å². The molecule has 4 nitrogen and oxygen atoms in total. The number of pyridine rings is 2. The third kappa shape index (κ3) is 2.29. The van der Waals surface area contributed by atoms with Crippen LogP contribution in [0.3, 0.4) is 0 Å². The second kappa shape index (κ2) is 4.92. The Morgan fingerprint density at radius 2 is 1.94 bits per heavy atom. The Hall–Kier alpha value is -1.65. The van der Waals surface area contributed by atoms with Crippen LogP contribution in [-0.4, -0.2) is 9.97 Å². The van der Waals surface area contributed by atoms with Crippen LogP contribution >= 0.6 is 11.6 Å². The molecule has 5 heteroatoms. The van der Waals surface area contributed by atoms with Crippen LogP contribution in [0.2, 0.25) is 5.15 Å². The fourth-order valence-electron chi connectivity index (χ4n) is 1.22. The van der Waals surface area contributed by atoms with E-state index in [9.17, 15) is 0 Å². The van der Waals surface area contributed by atoms with Gasteiger partial charge in [-0.25, -0.2) is 9.97 Å². The van der Waals surface area contributed by atoms with E-state index in [-0.39, 0.29) is 0 Å². The fraction of sp³-hybridized carbons (Fsp3) is 0.0909. The van der Waals surface area contributed by atoms with Crippen molar-refractivity contribution >= 4 is 11.6 Å². The minimum atomic E-state index is 0.302. The molecule has 0 spiro atoms. The van der Waals surface area contributed by atoms with Gasteiger partial charge in [-0.2, -0.15) is 0 Å². The van der Waals surface area contributed by atoms with Crippen LogP contribution in [0.5, 0.6) is 11.6 Å². The molecule has 0 bridgehead atoms. The summed E-state index contributed by atoms with van der Waals surface area (Å²) in [6.45, 7) is 0.362. The number of halogens is 1. The highest BCUT2D eigenvalue weighted by Crippen LogP contribution is 2.27. The molecule has 2 aromatic rings. The molecule has 2 heterocycles. The lowest BCUT2D eigenvalue weighted by molar-refractivity contribution is 0.454. The molecule has 0 fully saturated rings. The molecule has 16 heavy (non-hydrogen) atoms. The van der Waals surface area contributed by atoms with Crippen LogP contribution in [0.15, 0.2) is 36.7 Å². The average Bonchev–Trinajstić information content (AvgIpc) is 2.33. The highest BCUT2D eigenvalue weighted by molar-refractivity contribution is 6.30. The summed E-state index contributed by atoms with van der Waals surface area (Å²) in [6.07, 6.45) is 3.23. The Labute approximate surface area is 98.0 Å². The second-order valence-electron chi connectivity index (χ2n) is 3.07. The summed E-state index contributed by atoms with van der Waals surface area (Å²) in [6, 6.07) is 7.13. The van der Waals surface area contributed by atoms with Gasteiger partial charge in [0.05, 0.1) is 0 Å². The number of hydrogen-bond donors (Lipinski definition) is 1. The highest BCUT2D eigenvalue weighted by atomic mass is 35.5. The van der Waals surface area contributed by atoms with Gasteiger partial charge in [0, 0.05) is 24.5 Å². The maximum absolute atomic E-state index is 5.87. The van der Waals surface area contributed by atoms with Gasteiger partial charge < -0.3 is 10.5 Å². The first kappa shape index (κ1) is 10.9. The number of ether oxygens (including phenoxy) is 1.